The predicted molar refractivity (Wildman–Crippen MR) is 53.7 cm³/mol. The Morgan fingerprint density at radius 1 is 1.40 bits per heavy atom. The fourth-order valence-corrected chi connectivity index (χ4v) is 0.552. The molecule has 0 heterocycles. The topological polar surface area (TPSA) is 0 Å². The average Bonchev–Trinajstić information content (AvgIpc) is 1.91. The zero-order valence-electron chi connectivity index (χ0n) is 7.26. The van der Waals surface area contributed by atoms with Crippen LogP contribution in [0.1, 0.15) is 20.3 Å². The maximum atomic E-state index is 3.54. The van der Waals surface area contributed by atoms with Gasteiger partial charge in [0.15, 0.2) is 0 Å². The normalized spacial score (nSPS) is 8.70. The SMILES string of the molecule is C=C/C=C\CSC.CCC. The molecule has 0 bridgehead atoms. The second-order valence-electron chi connectivity index (χ2n) is 1.83. The van der Waals surface area contributed by atoms with Crippen LogP contribution in [0.2, 0.25) is 0 Å². The predicted octanol–water partition coefficient (Wildman–Crippen LogP) is 3.51. The summed E-state index contributed by atoms with van der Waals surface area (Å²) in [6, 6.07) is 0. The van der Waals surface area contributed by atoms with Gasteiger partial charge < -0.3 is 0 Å². The molecule has 0 N–H and O–H groups in total. The van der Waals surface area contributed by atoms with Gasteiger partial charge in [-0.15, -0.1) is 0 Å². The van der Waals surface area contributed by atoms with Crippen molar-refractivity contribution in [2.75, 3.05) is 12.0 Å². The summed E-state index contributed by atoms with van der Waals surface area (Å²) in [5, 5.41) is 0. The molecule has 0 rings (SSSR count). The van der Waals surface area contributed by atoms with Crippen molar-refractivity contribution in [1.82, 2.24) is 0 Å². The fraction of sp³-hybridized carbons (Fsp3) is 0.556. The van der Waals surface area contributed by atoms with Crippen LogP contribution >= 0.6 is 11.8 Å². The number of rotatable bonds is 3. The zero-order valence-corrected chi connectivity index (χ0v) is 8.08. The van der Waals surface area contributed by atoms with Crippen LogP contribution in [0.5, 0.6) is 0 Å². The number of allylic oxidation sites excluding steroid dienone is 2. The van der Waals surface area contributed by atoms with Crippen molar-refractivity contribution < 1.29 is 0 Å². The quantitative estimate of drug-likeness (QED) is 0.566. The average molecular weight is 158 g/mol. The lowest BCUT2D eigenvalue weighted by atomic mass is 10.5. The molecule has 0 aromatic heterocycles. The van der Waals surface area contributed by atoms with E-state index in [-0.39, 0.29) is 0 Å². The number of thioether (sulfide) groups is 1. The van der Waals surface area contributed by atoms with E-state index in [1.54, 1.807) is 17.8 Å². The fourth-order valence-electron chi connectivity index (χ4n) is 0.248. The van der Waals surface area contributed by atoms with Crippen LogP contribution in [-0.2, 0) is 0 Å². The molecule has 0 radical (unpaired) electrons. The molecule has 60 valence electrons. The zero-order chi connectivity index (χ0) is 8.24. The largest absolute Gasteiger partial charge is 0.161 e. The molecule has 0 saturated heterocycles. The number of hydrogen-bond donors (Lipinski definition) is 0. The monoisotopic (exact) mass is 158 g/mol. The molecule has 0 amide bonds. The van der Waals surface area contributed by atoms with Gasteiger partial charge in [-0.05, 0) is 6.26 Å². The molecule has 0 aromatic rings. The highest BCUT2D eigenvalue weighted by molar-refractivity contribution is 7.98. The molecule has 0 fully saturated rings. The van der Waals surface area contributed by atoms with Crippen molar-refractivity contribution in [2.45, 2.75) is 20.3 Å². The second kappa shape index (κ2) is 15.9. The van der Waals surface area contributed by atoms with E-state index < -0.39 is 0 Å². The van der Waals surface area contributed by atoms with Crippen LogP contribution < -0.4 is 0 Å². The highest BCUT2D eigenvalue weighted by Gasteiger charge is 1.65. The van der Waals surface area contributed by atoms with Gasteiger partial charge in [0.2, 0.25) is 0 Å². The van der Waals surface area contributed by atoms with E-state index >= 15 is 0 Å². The van der Waals surface area contributed by atoms with Crippen LogP contribution in [0.4, 0.5) is 0 Å². The first kappa shape index (κ1) is 12.5. The van der Waals surface area contributed by atoms with E-state index in [4.69, 9.17) is 0 Å². The van der Waals surface area contributed by atoms with Gasteiger partial charge in [-0.1, -0.05) is 45.1 Å². The first-order valence-electron chi connectivity index (χ1n) is 3.59. The van der Waals surface area contributed by atoms with E-state index in [1.165, 1.54) is 6.42 Å². The van der Waals surface area contributed by atoms with Gasteiger partial charge in [0.25, 0.3) is 0 Å². The first-order valence-corrected chi connectivity index (χ1v) is 4.99. The summed E-state index contributed by atoms with van der Waals surface area (Å²) in [6.07, 6.45) is 9.15. The smallest absolute Gasteiger partial charge is 0.0113 e. The maximum Gasteiger partial charge on any atom is 0.0113 e. The third-order valence-corrected chi connectivity index (χ3v) is 1.06. The Balaban J connectivity index is 0. The van der Waals surface area contributed by atoms with Gasteiger partial charge in [0, 0.05) is 5.75 Å². The minimum Gasteiger partial charge on any atom is -0.161 e. The Hall–Kier alpha value is -0.170. The van der Waals surface area contributed by atoms with E-state index in [9.17, 15) is 0 Å². The second-order valence-corrected chi connectivity index (χ2v) is 2.74. The van der Waals surface area contributed by atoms with E-state index in [0.29, 0.717) is 0 Å². The summed E-state index contributed by atoms with van der Waals surface area (Å²) in [7, 11) is 0. The van der Waals surface area contributed by atoms with Gasteiger partial charge in [-0.2, -0.15) is 11.8 Å². The van der Waals surface area contributed by atoms with E-state index in [2.05, 4.69) is 32.8 Å². The lowest BCUT2D eigenvalue weighted by molar-refractivity contribution is 1.09. The van der Waals surface area contributed by atoms with E-state index in [0.717, 1.165) is 5.75 Å². The molecule has 1 heteroatoms. The first-order chi connectivity index (χ1) is 4.83. The molecule has 0 aliphatic rings. The van der Waals surface area contributed by atoms with Crippen molar-refractivity contribution in [3.8, 4) is 0 Å². The van der Waals surface area contributed by atoms with Gasteiger partial charge in [0.1, 0.15) is 0 Å². The van der Waals surface area contributed by atoms with Gasteiger partial charge >= 0.3 is 0 Å². The lowest BCUT2D eigenvalue weighted by Gasteiger charge is -1.78. The summed E-state index contributed by atoms with van der Waals surface area (Å²) in [6.45, 7) is 7.79. The van der Waals surface area contributed by atoms with Gasteiger partial charge in [0.05, 0.1) is 0 Å². The molecule has 0 unspecified atom stereocenters. The number of hydrogen-bond acceptors (Lipinski definition) is 1. The Kier molecular flexibility index (Phi) is 19.9. The van der Waals surface area contributed by atoms with Crippen molar-refractivity contribution >= 4 is 11.8 Å². The van der Waals surface area contributed by atoms with Crippen molar-refractivity contribution in [1.29, 1.82) is 0 Å². The summed E-state index contributed by atoms with van der Waals surface area (Å²) in [5.41, 5.74) is 0. The molecule has 0 aromatic carbocycles. The minimum atomic E-state index is 1.09. The molecular weight excluding hydrogens is 140 g/mol. The lowest BCUT2D eigenvalue weighted by Crippen LogP contribution is -1.61. The van der Waals surface area contributed by atoms with Crippen molar-refractivity contribution in [3.05, 3.63) is 24.8 Å². The van der Waals surface area contributed by atoms with Gasteiger partial charge in [-0.3, -0.25) is 0 Å². The van der Waals surface area contributed by atoms with Crippen LogP contribution in [0.3, 0.4) is 0 Å². The summed E-state index contributed by atoms with van der Waals surface area (Å²) in [4.78, 5) is 0. The minimum absolute atomic E-state index is 1.09. The molecule has 0 atom stereocenters. The Bertz CT molecular complexity index is 74.8. The Morgan fingerprint density at radius 2 is 1.90 bits per heavy atom. The molecule has 0 spiro atoms. The molecule has 0 aliphatic carbocycles. The standard InChI is InChI=1S/C6H10S.C3H8/c1-3-4-5-6-7-2;1-3-2/h3-5H,1,6H2,2H3;3H2,1-2H3/b5-4-;. The molecule has 0 saturated carbocycles. The Morgan fingerprint density at radius 3 is 2.20 bits per heavy atom. The van der Waals surface area contributed by atoms with Crippen LogP contribution in [0.15, 0.2) is 24.8 Å². The summed E-state index contributed by atoms with van der Waals surface area (Å²) < 4.78 is 0. The van der Waals surface area contributed by atoms with Gasteiger partial charge in [-0.25, -0.2) is 0 Å². The summed E-state index contributed by atoms with van der Waals surface area (Å²) >= 11 is 1.81. The highest BCUT2D eigenvalue weighted by Crippen LogP contribution is 1.90. The van der Waals surface area contributed by atoms with Crippen LogP contribution in [-0.4, -0.2) is 12.0 Å². The summed E-state index contributed by atoms with van der Waals surface area (Å²) in [5.74, 6) is 1.09. The van der Waals surface area contributed by atoms with Crippen molar-refractivity contribution in [3.63, 3.8) is 0 Å². The molecule has 10 heavy (non-hydrogen) atoms. The van der Waals surface area contributed by atoms with Crippen molar-refractivity contribution in [2.24, 2.45) is 0 Å². The molecular formula is C9H18S. The van der Waals surface area contributed by atoms with Crippen LogP contribution in [0, 0.1) is 0 Å². The third-order valence-electron chi connectivity index (χ3n) is 0.535. The van der Waals surface area contributed by atoms with E-state index in [1.807, 2.05) is 6.08 Å². The molecule has 0 aliphatic heterocycles. The highest BCUT2D eigenvalue weighted by atomic mass is 32.2. The Labute approximate surface area is 69.4 Å². The molecule has 0 nitrogen and oxygen atoms in total. The maximum absolute atomic E-state index is 3.54. The van der Waals surface area contributed by atoms with Crippen LogP contribution in [0.25, 0.3) is 0 Å². The third kappa shape index (κ3) is 24.9.